The molecule has 0 unspecified atom stereocenters. The second kappa shape index (κ2) is 11.9. The molecule has 14 heteroatoms. The van der Waals surface area contributed by atoms with Gasteiger partial charge in [0, 0.05) is 67.4 Å². The fraction of sp³-hybridized carbons (Fsp3) is 0.182. The Hall–Kier alpha value is -5.21. The molecule has 0 bridgehead atoms. The number of hydrogen-bond acceptors (Lipinski definition) is 6. The number of rotatable bonds is 8. The summed E-state index contributed by atoms with van der Waals surface area (Å²) < 4.78 is 77.8. The van der Waals surface area contributed by atoms with Crippen molar-refractivity contribution in [3.05, 3.63) is 118 Å². The molecule has 0 fully saturated rings. The highest BCUT2D eigenvalue weighted by Crippen LogP contribution is 2.39. The summed E-state index contributed by atoms with van der Waals surface area (Å²) in [7, 11) is -1.61. The minimum Gasteiger partial charge on any atom is -0.383 e. The van der Waals surface area contributed by atoms with Gasteiger partial charge < -0.3 is 13.9 Å². The molecule has 0 atom stereocenters. The van der Waals surface area contributed by atoms with Crippen LogP contribution in [0.5, 0.6) is 0 Å². The maximum atomic E-state index is 14.3. The summed E-state index contributed by atoms with van der Waals surface area (Å²) >= 11 is 0. The summed E-state index contributed by atoms with van der Waals surface area (Å²) in [6.45, 7) is 2.30. The minimum atomic E-state index is -4.87. The Kier molecular flexibility index (Phi) is 8.01. The molecule has 0 amide bonds. The van der Waals surface area contributed by atoms with Crippen LogP contribution in [0.3, 0.4) is 0 Å². The van der Waals surface area contributed by atoms with Crippen molar-refractivity contribution in [3.63, 3.8) is 0 Å². The van der Waals surface area contributed by atoms with E-state index < -0.39 is 21.9 Å². The van der Waals surface area contributed by atoms with Crippen LogP contribution in [-0.2, 0) is 34.7 Å². The van der Waals surface area contributed by atoms with E-state index in [9.17, 15) is 31.2 Å². The SMILES string of the molecule is COCCn1cc(-c2ccccc2)c(-c2cn(C)c(=O)c3c2cc(-c2cnn(C(F)(F)F)c2)n3S(=O)(=O)c2ccc(C)cc2)cc1=O. The third-order valence-corrected chi connectivity index (χ3v) is 9.56. The van der Waals surface area contributed by atoms with E-state index in [1.807, 2.05) is 30.3 Å². The first-order chi connectivity index (χ1) is 22.3. The molecule has 6 rings (SSSR count). The number of aromatic nitrogens is 5. The van der Waals surface area contributed by atoms with Gasteiger partial charge >= 0.3 is 6.30 Å². The van der Waals surface area contributed by atoms with Crippen LogP contribution < -0.4 is 11.1 Å². The number of aryl methyl sites for hydroxylation is 2. The van der Waals surface area contributed by atoms with Crippen molar-refractivity contribution in [2.75, 3.05) is 13.7 Å². The maximum absolute atomic E-state index is 14.3. The van der Waals surface area contributed by atoms with Gasteiger partial charge in [-0.3, -0.25) is 9.59 Å². The molecular formula is C33H28F3N5O5S. The highest BCUT2D eigenvalue weighted by molar-refractivity contribution is 7.90. The van der Waals surface area contributed by atoms with E-state index in [2.05, 4.69) is 5.10 Å². The van der Waals surface area contributed by atoms with Crippen molar-refractivity contribution in [2.45, 2.75) is 24.7 Å². The lowest BCUT2D eigenvalue weighted by atomic mass is 9.95. The number of fused-ring (bicyclic) bond motifs is 1. The molecule has 4 aromatic heterocycles. The highest BCUT2D eigenvalue weighted by atomic mass is 32.2. The zero-order valence-corrected chi connectivity index (χ0v) is 26.2. The number of benzene rings is 2. The van der Waals surface area contributed by atoms with Crippen molar-refractivity contribution < 1.29 is 26.3 Å². The summed E-state index contributed by atoms with van der Waals surface area (Å²) in [6, 6.07) is 17.8. The van der Waals surface area contributed by atoms with Gasteiger partial charge in [-0.15, -0.1) is 13.2 Å². The minimum absolute atomic E-state index is 0.116. The Morgan fingerprint density at radius 2 is 1.57 bits per heavy atom. The quantitative estimate of drug-likeness (QED) is 0.217. The van der Waals surface area contributed by atoms with Gasteiger partial charge in [0.25, 0.3) is 21.1 Å². The van der Waals surface area contributed by atoms with E-state index in [1.54, 1.807) is 25.3 Å². The molecule has 4 heterocycles. The number of alkyl halides is 3. The van der Waals surface area contributed by atoms with E-state index in [4.69, 9.17) is 4.74 Å². The van der Waals surface area contributed by atoms with Gasteiger partial charge in [-0.05, 0) is 36.2 Å². The first kappa shape index (κ1) is 31.8. The normalized spacial score (nSPS) is 12.2. The standard InChI is InChI=1S/C33H28F3N5O5S/c1-21-9-11-24(12-10-21)47(44,45)41-29(23-17-37-40(18-23)33(34,35)36)15-26-28(19-38(2)32(43)31(26)41)25-16-30(42)39(13-14-46-3)20-27(25)22-7-5-4-6-8-22/h4-12,15-20H,13-14H2,1-3H3. The van der Waals surface area contributed by atoms with Crippen molar-refractivity contribution in [2.24, 2.45) is 7.05 Å². The fourth-order valence-corrected chi connectivity index (χ4v) is 7.00. The van der Waals surface area contributed by atoms with E-state index in [0.29, 0.717) is 22.9 Å². The number of hydrogen-bond donors (Lipinski definition) is 0. The molecule has 0 aliphatic rings. The molecule has 47 heavy (non-hydrogen) atoms. The van der Waals surface area contributed by atoms with Crippen LogP contribution in [0.4, 0.5) is 13.2 Å². The Labute approximate surface area is 266 Å². The summed E-state index contributed by atoms with van der Waals surface area (Å²) in [5.74, 6) is 0. The fourth-order valence-electron chi connectivity index (χ4n) is 5.47. The molecule has 6 aromatic rings. The molecule has 0 spiro atoms. The Bertz CT molecular complexity index is 2360. The van der Waals surface area contributed by atoms with E-state index in [-0.39, 0.29) is 50.4 Å². The van der Waals surface area contributed by atoms with Crippen molar-refractivity contribution in [1.29, 1.82) is 0 Å². The Morgan fingerprint density at radius 3 is 2.21 bits per heavy atom. The van der Waals surface area contributed by atoms with Gasteiger partial charge in [0.15, 0.2) is 0 Å². The van der Waals surface area contributed by atoms with Gasteiger partial charge in [-0.1, -0.05) is 48.0 Å². The first-order valence-corrected chi connectivity index (χ1v) is 15.7. The summed E-state index contributed by atoms with van der Waals surface area (Å²) in [6.07, 6.45) is -0.177. The lowest BCUT2D eigenvalue weighted by Crippen LogP contribution is -2.24. The van der Waals surface area contributed by atoms with Crippen LogP contribution in [0.2, 0.25) is 0 Å². The number of halogens is 3. The van der Waals surface area contributed by atoms with Gasteiger partial charge in [0.2, 0.25) is 0 Å². The lowest BCUT2D eigenvalue weighted by molar-refractivity contribution is -0.212. The van der Waals surface area contributed by atoms with Crippen molar-refractivity contribution >= 4 is 20.9 Å². The largest absolute Gasteiger partial charge is 0.504 e. The van der Waals surface area contributed by atoms with E-state index in [0.717, 1.165) is 21.3 Å². The lowest BCUT2D eigenvalue weighted by Gasteiger charge is -2.16. The zero-order valence-electron chi connectivity index (χ0n) is 25.4. The van der Waals surface area contributed by atoms with Crippen LogP contribution in [0.25, 0.3) is 44.4 Å². The van der Waals surface area contributed by atoms with Crippen LogP contribution in [0.1, 0.15) is 5.56 Å². The molecule has 2 aromatic carbocycles. The average molecular weight is 664 g/mol. The molecule has 0 saturated heterocycles. The van der Waals surface area contributed by atoms with Crippen LogP contribution >= 0.6 is 0 Å². The summed E-state index contributed by atoms with van der Waals surface area (Å²) in [4.78, 5) is 27.1. The van der Waals surface area contributed by atoms with Gasteiger partial charge in [-0.25, -0.2) is 12.4 Å². The van der Waals surface area contributed by atoms with Crippen LogP contribution in [-0.4, -0.2) is 45.0 Å². The molecule has 10 nitrogen and oxygen atoms in total. The molecule has 0 aliphatic heterocycles. The topological polar surface area (TPSA) is 110 Å². The predicted molar refractivity (Wildman–Crippen MR) is 170 cm³/mol. The first-order valence-electron chi connectivity index (χ1n) is 14.3. The molecule has 0 aliphatic carbocycles. The van der Waals surface area contributed by atoms with Gasteiger partial charge in [0.05, 0.1) is 23.4 Å². The van der Waals surface area contributed by atoms with Crippen molar-refractivity contribution in [3.8, 4) is 33.5 Å². The smallest absolute Gasteiger partial charge is 0.383 e. The Balaban J connectivity index is 1.74. The van der Waals surface area contributed by atoms with Gasteiger partial charge in [-0.2, -0.15) is 9.78 Å². The highest BCUT2D eigenvalue weighted by Gasteiger charge is 2.34. The second-order valence-corrected chi connectivity index (χ2v) is 12.8. The van der Waals surface area contributed by atoms with Crippen LogP contribution in [0, 0.1) is 6.92 Å². The molecular weight excluding hydrogens is 635 g/mol. The van der Waals surface area contributed by atoms with E-state index >= 15 is 0 Å². The summed E-state index contributed by atoms with van der Waals surface area (Å²) in [5, 5.41) is 3.52. The van der Waals surface area contributed by atoms with E-state index in [1.165, 1.54) is 53.8 Å². The average Bonchev–Trinajstić information content (AvgIpc) is 3.70. The Morgan fingerprint density at radius 1 is 0.872 bits per heavy atom. The van der Waals surface area contributed by atoms with Crippen molar-refractivity contribution in [1.82, 2.24) is 22.9 Å². The number of methoxy groups -OCH3 is 1. The number of ether oxygens (including phenoxy) is 1. The molecule has 0 saturated carbocycles. The van der Waals surface area contributed by atoms with Gasteiger partial charge in [0.1, 0.15) is 5.52 Å². The predicted octanol–water partition coefficient (Wildman–Crippen LogP) is 5.37. The van der Waals surface area contributed by atoms with Crippen LogP contribution in [0.15, 0.2) is 106 Å². The number of nitrogens with zero attached hydrogens (tertiary/aromatic N) is 5. The third kappa shape index (κ3) is 5.70. The third-order valence-electron chi connectivity index (χ3n) is 7.83. The molecule has 0 N–H and O–H groups in total. The molecule has 242 valence electrons. The summed E-state index contributed by atoms with van der Waals surface area (Å²) in [5.41, 5.74) is 1.01. The number of pyridine rings is 2. The molecule has 0 radical (unpaired) electrons. The second-order valence-electron chi connectivity index (χ2n) is 11.0. The maximum Gasteiger partial charge on any atom is 0.504 e. The monoisotopic (exact) mass is 663 g/mol. The zero-order chi connectivity index (χ0) is 33.7.